The van der Waals surface area contributed by atoms with Gasteiger partial charge in [-0.2, -0.15) is 0 Å². The maximum Gasteiger partial charge on any atom is 0.239 e. The lowest BCUT2D eigenvalue weighted by Gasteiger charge is -2.39. The van der Waals surface area contributed by atoms with Crippen molar-refractivity contribution < 1.29 is 54.7 Å². The number of hydrogen-bond donors (Lipinski definition) is 8. The topological polar surface area (TPSA) is 211 Å². The van der Waals surface area contributed by atoms with Crippen LogP contribution < -0.4 is 10.2 Å². The molecule has 0 unspecified atom stereocenters. The molecule has 0 amide bonds. The Labute approximate surface area is 184 Å². The van der Waals surface area contributed by atoms with Crippen LogP contribution in [0.4, 0.5) is 0 Å². The van der Waals surface area contributed by atoms with Crippen LogP contribution in [0.1, 0.15) is 0 Å². The van der Waals surface area contributed by atoms with Gasteiger partial charge in [-0.15, -0.1) is 0 Å². The van der Waals surface area contributed by atoms with E-state index in [0.717, 1.165) is 24.3 Å². The molecule has 1 aromatic heterocycles. The average molecular weight is 464 g/mol. The van der Waals surface area contributed by atoms with E-state index in [9.17, 15) is 45.6 Å². The van der Waals surface area contributed by atoms with Gasteiger partial charge in [-0.25, -0.2) is 0 Å². The van der Waals surface area contributed by atoms with Gasteiger partial charge < -0.3 is 54.7 Å². The van der Waals surface area contributed by atoms with Crippen LogP contribution in [0, 0.1) is 0 Å². The summed E-state index contributed by atoms with van der Waals surface area (Å²) in [6.45, 7) is -0.746. The molecule has 0 bridgehead atoms. The first-order valence-electron chi connectivity index (χ1n) is 9.65. The van der Waals surface area contributed by atoms with Crippen molar-refractivity contribution in [2.75, 3.05) is 6.61 Å². The number of rotatable bonds is 4. The molecule has 5 atom stereocenters. The number of aromatic hydroxyl groups is 4. The summed E-state index contributed by atoms with van der Waals surface area (Å²) in [6.07, 6.45) is -8.44. The Bertz CT molecular complexity index is 1250. The Morgan fingerprint density at radius 3 is 2.18 bits per heavy atom. The quantitative estimate of drug-likeness (QED) is 0.181. The van der Waals surface area contributed by atoms with E-state index in [0.29, 0.717) is 0 Å². The Balaban J connectivity index is 1.92. The van der Waals surface area contributed by atoms with E-state index < -0.39 is 82.5 Å². The highest BCUT2D eigenvalue weighted by Crippen LogP contribution is 2.40. The fraction of sp³-hybridized carbons (Fsp3) is 0.286. The molecule has 1 aliphatic heterocycles. The number of aliphatic hydroxyl groups is 4. The van der Waals surface area contributed by atoms with Gasteiger partial charge in [0.05, 0.1) is 6.61 Å². The predicted octanol–water partition coefficient (Wildman–Crippen LogP) is -0.539. The number of phenols is 4. The Hall–Kier alpha value is -3.55. The van der Waals surface area contributed by atoms with Crippen LogP contribution in [0.3, 0.4) is 0 Å². The Morgan fingerprint density at radius 1 is 0.848 bits per heavy atom. The molecule has 3 aromatic rings. The molecule has 33 heavy (non-hydrogen) atoms. The number of fused-ring (bicyclic) bond motifs is 1. The normalized spacial score (nSPS) is 25.3. The standard InChI is InChI=1S/C21H20O12/c22-6-12-14(27)16(29)17(30)21(31-12)33-20-15(28)13-9(24)3-4-10(25)19(13)32-18(20)7-1-2-8(23)11(26)5-7/h1-5,12,14,16-17,21-27,29-30H,6H2/t12-,14-,16+,17-,21+/m1/s1. The SMILES string of the molecule is O=c1c(O[C@@H]2O[C@H](CO)[C@@H](O)[C@H](O)[C@H]2O)c(-c2ccc(O)c(O)c2)oc2c(O)ccc(O)c12. The summed E-state index contributed by atoms with van der Waals surface area (Å²) in [6, 6.07) is 5.49. The van der Waals surface area contributed by atoms with E-state index in [-0.39, 0.29) is 11.3 Å². The highest BCUT2D eigenvalue weighted by molar-refractivity contribution is 5.91. The molecule has 0 saturated carbocycles. The minimum atomic E-state index is -1.86. The van der Waals surface area contributed by atoms with Crippen molar-refractivity contribution in [3.63, 3.8) is 0 Å². The first-order valence-corrected chi connectivity index (χ1v) is 9.65. The average Bonchev–Trinajstić information content (AvgIpc) is 2.79. The second-order valence-corrected chi connectivity index (χ2v) is 7.42. The van der Waals surface area contributed by atoms with Crippen molar-refractivity contribution >= 4 is 11.0 Å². The van der Waals surface area contributed by atoms with Gasteiger partial charge >= 0.3 is 0 Å². The van der Waals surface area contributed by atoms with Gasteiger partial charge in [-0.1, -0.05) is 0 Å². The summed E-state index contributed by atoms with van der Waals surface area (Å²) >= 11 is 0. The second kappa shape index (κ2) is 8.42. The Morgan fingerprint density at radius 2 is 1.52 bits per heavy atom. The molecule has 2 aromatic carbocycles. The molecule has 176 valence electrons. The van der Waals surface area contributed by atoms with E-state index in [4.69, 9.17) is 13.9 Å². The van der Waals surface area contributed by atoms with Crippen molar-refractivity contribution in [1.29, 1.82) is 0 Å². The van der Waals surface area contributed by atoms with Gasteiger partial charge in [0.15, 0.2) is 28.6 Å². The number of ether oxygens (including phenoxy) is 2. The molecule has 0 spiro atoms. The molecule has 8 N–H and O–H groups in total. The molecule has 0 radical (unpaired) electrons. The molecular formula is C21H20O12. The zero-order valence-corrected chi connectivity index (χ0v) is 16.7. The molecule has 0 aliphatic carbocycles. The monoisotopic (exact) mass is 464 g/mol. The number of benzene rings is 2. The van der Waals surface area contributed by atoms with Crippen LogP contribution in [-0.4, -0.2) is 78.2 Å². The van der Waals surface area contributed by atoms with E-state index in [1.165, 1.54) is 6.07 Å². The smallest absolute Gasteiger partial charge is 0.239 e. The summed E-state index contributed by atoms with van der Waals surface area (Å²) in [5, 5.41) is 79.0. The molecule has 12 nitrogen and oxygen atoms in total. The van der Waals surface area contributed by atoms with Crippen molar-refractivity contribution in [2.24, 2.45) is 0 Å². The van der Waals surface area contributed by atoms with Crippen LogP contribution in [0.5, 0.6) is 28.7 Å². The molecule has 1 fully saturated rings. The van der Waals surface area contributed by atoms with Crippen LogP contribution in [0.15, 0.2) is 39.5 Å². The summed E-state index contributed by atoms with van der Waals surface area (Å²) in [4.78, 5) is 13.3. The summed E-state index contributed by atoms with van der Waals surface area (Å²) in [7, 11) is 0. The lowest BCUT2D eigenvalue weighted by Crippen LogP contribution is -2.60. The molecule has 2 heterocycles. The third-order valence-corrected chi connectivity index (χ3v) is 5.28. The summed E-state index contributed by atoms with van der Waals surface area (Å²) in [5.41, 5.74) is -1.43. The van der Waals surface area contributed by atoms with Gasteiger partial charge in [0, 0.05) is 5.56 Å². The minimum absolute atomic E-state index is 0.00775. The van der Waals surface area contributed by atoms with Crippen LogP contribution in [0.2, 0.25) is 0 Å². The van der Waals surface area contributed by atoms with Gasteiger partial charge in [-0.3, -0.25) is 4.79 Å². The largest absolute Gasteiger partial charge is 0.507 e. The fourth-order valence-electron chi connectivity index (χ4n) is 3.49. The lowest BCUT2D eigenvalue weighted by molar-refractivity contribution is -0.277. The first-order chi connectivity index (χ1) is 15.6. The molecule has 1 saturated heterocycles. The van der Waals surface area contributed by atoms with Crippen molar-refractivity contribution in [2.45, 2.75) is 30.7 Å². The fourth-order valence-corrected chi connectivity index (χ4v) is 3.49. The molecule has 4 rings (SSSR count). The zero-order valence-electron chi connectivity index (χ0n) is 16.7. The predicted molar refractivity (Wildman–Crippen MR) is 109 cm³/mol. The van der Waals surface area contributed by atoms with Crippen LogP contribution in [-0.2, 0) is 4.74 Å². The van der Waals surface area contributed by atoms with E-state index in [1.807, 2.05) is 0 Å². The summed E-state index contributed by atoms with van der Waals surface area (Å²) < 4.78 is 16.4. The van der Waals surface area contributed by atoms with Crippen LogP contribution in [0.25, 0.3) is 22.3 Å². The van der Waals surface area contributed by atoms with Gasteiger partial charge in [0.25, 0.3) is 0 Å². The molecular weight excluding hydrogens is 444 g/mol. The minimum Gasteiger partial charge on any atom is -0.507 e. The number of aliphatic hydroxyl groups excluding tert-OH is 4. The maximum absolute atomic E-state index is 13.3. The van der Waals surface area contributed by atoms with E-state index in [1.54, 1.807) is 0 Å². The van der Waals surface area contributed by atoms with Crippen LogP contribution >= 0.6 is 0 Å². The third-order valence-electron chi connectivity index (χ3n) is 5.28. The maximum atomic E-state index is 13.3. The highest BCUT2D eigenvalue weighted by atomic mass is 16.7. The van der Waals surface area contributed by atoms with E-state index >= 15 is 0 Å². The lowest BCUT2D eigenvalue weighted by atomic mass is 9.99. The van der Waals surface area contributed by atoms with Gasteiger partial charge in [0.2, 0.25) is 17.5 Å². The third kappa shape index (κ3) is 3.79. The number of hydrogen-bond acceptors (Lipinski definition) is 12. The molecule has 12 heteroatoms. The molecule has 1 aliphatic rings. The first kappa shape index (κ1) is 22.6. The van der Waals surface area contributed by atoms with Crippen molar-refractivity contribution in [3.8, 4) is 40.1 Å². The van der Waals surface area contributed by atoms with Crippen molar-refractivity contribution in [3.05, 3.63) is 40.6 Å². The van der Waals surface area contributed by atoms with Gasteiger partial charge in [-0.05, 0) is 30.3 Å². The summed E-state index contributed by atoms with van der Waals surface area (Å²) in [5.74, 6) is -3.15. The van der Waals surface area contributed by atoms with E-state index in [2.05, 4.69) is 0 Å². The Kier molecular flexibility index (Phi) is 5.78. The number of phenolic OH excluding ortho intramolecular Hbond substituents is 4. The zero-order chi connectivity index (χ0) is 24.0. The highest BCUT2D eigenvalue weighted by Gasteiger charge is 2.45. The second-order valence-electron chi connectivity index (χ2n) is 7.42. The van der Waals surface area contributed by atoms with Crippen molar-refractivity contribution in [1.82, 2.24) is 0 Å². The van der Waals surface area contributed by atoms with Gasteiger partial charge in [0.1, 0.15) is 35.6 Å².